The first-order chi connectivity index (χ1) is 11.6. The molecule has 0 radical (unpaired) electrons. The van der Waals surface area contributed by atoms with Gasteiger partial charge in [0.15, 0.2) is 0 Å². The molecule has 136 valence electrons. The van der Waals surface area contributed by atoms with E-state index >= 15 is 0 Å². The number of benzene rings is 1. The Morgan fingerprint density at radius 2 is 1.88 bits per heavy atom. The number of rotatable bonds is 5. The first-order valence-electron chi connectivity index (χ1n) is 8.20. The summed E-state index contributed by atoms with van der Waals surface area (Å²) in [5, 5.41) is 3.05. The van der Waals surface area contributed by atoms with Gasteiger partial charge in [0.1, 0.15) is 5.82 Å². The lowest BCUT2D eigenvalue weighted by Gasteiger charge is -2.32. The van der Waals surface area contributed by atoms with Gasteiger partial charge in [0, 0.05) is 12.1 Å². The van der Waals surface area contributed by atoms with Crippen LogP contribution in [0.5, 0.6) is 0 Å². The molecule has 1 heterocycles. The maximum atomic E-state index is 14.7. The van der Waals surface area contributed by atoms with Crippen molar-refractivity contribution in [1.29, 1.82) is 0 Å². The topological polar surface area (TPSA) is 56.8 Å². The molecule has 1 aromatic carbocycles. The molecule has 0 saturated carbocycles. The van der Waals surface area contributed by atoms with Crippen molar-refractivity contribution in [2.75, 3.05) is 20.7 Å². The number of methoxy groups -OCH3 is 1. The molecule has 0 aromatic heterocycles. The molecule has 0 spiro atoms. The van der Waals surface area contributed by atoms with Crippen molar-refractivity contribution in [1.82, 2.24) is 5.32 Å². The Kier molecular flexibility index (Phi) is 5.71. The minimum atomic E-state index is -0.710. The van der Waals surface area contributed by atoms with Gasteiger partial charge in [-0.05, 0) is 46.3 Å². The van der Waals surface area contributed by atoms with E-state index in [4.69, 9.17) is 9.31 Å². The van der Waals surface area contributed by atoms with Gasteiger partial charge < -0.3 is 19.4 Å². The zero-order chi connectivity index (χ0) is 18.8. The average molecular weight is 349 g/mol. The summed E-state index contributed by atoms with van der Waals surface area (Å²) >= 11 is 0. The number of ether oxygens (including phenoxy) is 1. The Labute approximate surface area is 148 Å². The molecule has 1 saturated heterocycles. The van der Waals surface area contributed by atoms with E-state index < -0.39 is 30.1 Å². The third kappa shape index (κ3) is 3.94. The van der Waals surface area contributed by atoms with E-state index in [1.54, 1.807) is 25.3 Å². The predicted octanol–water partition coefficient (Wildman–Crippen LogP) is 2.85. The molecule has 5 nitrogen and oxygen atoms in total. The lowest BCUT2D eigenvalue weighted by Crippen LogP contribution is -2.41. The van der Waals surface area contributed by atoms with Crippen LogP contribution in [0.25, 0.3) is 6.08 Å². The first-order valence-corrected chi connectivity index (χ1v) is 8.20. The number of carbonyl (C=O) groups is 1. The minimum absolute atomic E-state index is 0.103. The van der Waals surface area contributed by atoms with Crippen molar-refractivity contribution in [2.24, 2.45) is 0 Å². The van der Waals surface area contributed by atoms with E-state index in [1.807, 2.05) is 27.7 Å². The second-order valence-electron chi connectivity index (χ2n) is 7.04. The molecule has 0 unspecified atom stereocenters. The molecule has 7 heteroatoms. The average Bonchev–Trinajstić information content (AvgIpc) is 2.76. The van der Waals surface area contributed by atoms with Gasteiger partial charge in [-0.3, -0.25) is 0 Å². The molecule has 1 aromatic rings. The Morgan fingerprint density at radius 1 is 1.28 bits per heavy atom. The van der Waals surface area contributed by atoms with Crippen LogP contribution in [0.3, 0.4) is 0 Å². The monoisotopic (exact) mass is 349 g/mol. The van der Waals surface area contributed by atoms with Crippen molar-refractivity contribution < 1.29 is 23.2 Å². The summed E-state index contributed by atoms with van der Waals surface area (Å²) in [4.78, 5) is 11.7. The summed E-state index contributed by atoms with van der Waals surface area (Å²) < 4.78 is 31.4. The maximum Gasteiger partial charge on any atom is 0.491 e. The van der Waals surface area contributed by atoms with Crippen LogP contribution >= 0.6 is 0 Å². The van der Waals surface area contributed by atoms with Crippen molar-refractivity contribution in [2.45, 2.75) is 38.9 Å². The largest absolute Gasteiger partial charge is 0.491 e. The Hall–Kier alpha value is -1.70. The molecule has 0 atom stereocenters. The summed E-state index contributed by atoms with van der Waals surface area (Å²) in [5.74, 6) is -1.34. The molecular weight excluding hydrogens is 324 g/mol. The smallest absolute Gasteiger partial charge is 0.465 e. The molecule has 25 heavy (non-hydrogen) atoms. The molecule has 2 rings (SSSR count). The standard InChI is InChI=1S/C18H25BFNO4/c1-17(2)18(3,4)25-19(24-17)13(11-21-5)10-12-8-7-9-14(15(12)20)16(22)23-6/h7-10,21H,11H2,1-6H3. The Bertz CT molecular complexity index is 672. The fraction of sp³-hybridized carbons (Fsp3) is 0.500. The fourth-order valence-electron chi connectivity index (χ4n) is 2.53. The second kappa shape index (κ2) is 7.27. The number of nitrogens with one attached hydrogen (secondary N) is 1. The van der Waals surface area contributed by atoms with E-state index in [0.717, 1.165) is 5.47 Å². The maximum absolute atomic E-state index is 14.7. The number of halogens is 1. The van der Waals surface area contributed by atoms with Crippen LogP contribution in [0.15, 0.2) is 23.7 Å². The third-order valence-electron chi connectivity index (χ3n) is 4.71. The molecule has 1 aliphatic rings. The summed E-state index contributed by atoms with van der Waals surface area (Å²) in [7, 11) is 2.42. The van der Waals surface area contributed by atoms with Gasteiger partial charge in [0.05, 0.1) is 23.9 Å². The van der Waals surface area contributed by atoms with Gasteiger partial charge in [-0.1, -0.05) is 18.2 Å². The normalized spacial score (nSPS) is 19.2. The molecule has 0 amide bonds. The zero-order valence-electron chi connectivity index (χ0n) is 15.6. The minimum Gasteiger partial charge on any atom is -0.465 e. The van der Waals surface area contributed by atoms with Crippen LogP contribution in [0, 0.1) is 5.82 Å². The van der Waals surface area contributed by atoms with Gasteiger partial charge >= 0.3 is 13.1 Å². The van der Waals surface area contributed by atoms with Crippen LogP contribution in [0.4, 0.5) is 4.39 Å². The van der Waals surface area contributed by atoms with E-state index in [2.05, 4.69) is 10.1 Å². The van der Waals surface area contributed by atoms with Gasteiger partial charge in [0.2, 0.25) is 0 Å². The molecule has 0 bridgehead atoms. The van der Waals surface area contributed by atoms with E-state index in [1.165, 1.54) is 13.2 Å². The first kappa shape index (κ1) is 19.6. The molecule has 0 aliphatic carbocycles. The lowest BCUT2D eigenvalue weighted by molar-refractivity contribution is 0.00578. The number of hydrogen-bond acceptors (Lipinski definition) is 5. The van der Waals surface area contributed by atoms with E-state index in [-0.39, 0.29) is 11.1 Å². The van der Waals surface area contributed by atoms with Crippen molar-refractivity contribution in [3.63, 3.8) is 0 Å². The van der Waals surface area contributed by atoms with E-state index in [9.17, 15) is 9.18 Å². The Morgan fingerprint density at radius 3 is 2.40 bits per heavy atom. The number of hydrogen-bond donors (Lipinski definition) is 1. The number of likely N-dealkylation sites (N-methyl/N-ethyl adjacent to an activating group) is 1. The van der Waals surface area contributed by atoms with Gasteiger partial charge in [-0.15, -0.1) is 0 Å². The van der Waals surface area contributed by atoms with Crippen LogP contribution in [-0.4, -0.2) is 45.0 Å². The van der Waals surface area contributed by atoms with Gasteiger partial charge in [-0.2, -0.15) is 0 Å². The second-order valence-corrected chi connectivity index (χ2v) is 7.04. The molecular formula is C18H25BFNO4. The molecule has 1 aliphatic heterocycles. The van der Waals surface area contributed by atoms with Gasteiger partial charge in [0.25, 0.3) is 0 Å². The highest BCUT2D eigenvalue weighted by Crippen LogP contribution is 2.38. The summed E-state index contributed by atoms with van der Waals surface area (Å²) in [6.45, 7) is 8.30. The SMILES string of the molecule is CNCC(=Cc1cccc(C(=O)OC)c1F)B1OC(C)(C)C(C)(C)O1. The van der Waals surface area contributed by atoms with Crippen LogP contribution < -0.4 is 5.32 Å². The van der Waals surface area contributed by atoms with Crippen molar-refractivity contribution in [3.8, 4) is 0 Å². The van der Waals surface area contributed by atoms with Crippen LogP contribution in [0.2, 0.25) is 0 Å². The van der Waals surface area contributed by atoms with E-state index in [0.29, 0.717) is 6.54 Å². The predicted molar refractivity (Wildman–Crippen MR) is 95.7 cm³/mol. The Balaban J connectivity index is 2.40. The highest BCUT2D eigenvalue weighted by molar-refractivity contribution is 6.55. The zero-order valence-corrected chi connectivity index (χ0v) is 15.6. The van der Waals surface area contributed by atoms with Gasteiger partial charge in [-0.25, -0.2) is 9.18 Å². The summed E-state index contributed by atoms with van der Waals surface area (Å²) in [5.41, 5.74) is -0.0627. The highest BCUT2D eigenvalue weighted by atomic mass is 19.1. The third-order valence-corrected chi connectivity index (χ3v) is 4.71. The highest BCUT2D eigenvalue weighted by Gasteiger charge is 2.52. The summed E-state index contributed by atoms with van der Waals surface area (Å²) in [6, 6.07) is 4.61. The number of carbonyl (C=O) groups excluding carboxylic acids is 1. The number of esters is 1. The molecule has 1 N–H and O–H groups in total. The fourth-order valence-corrected chi connectivity index (χ4v) is 2.53. The van der Waals surface area contributed by atoms with Crippen molar-refractivity contribution in [3.05, 3.63) is 40.6 Å². The van der Waals surface area contributed by atoms with Crippen LogP contribution in [0.1, 0.15) is 43.6 Å². The summed E-state index contributed by atoms with van der Waals surface area (Å²) in [6.07, 6.45) is 1.65. The van der Waals surface area contributed by atoms with Crippen LogP contribution in [-0.2, 0) is 14.0 Å². The lowest BCUT2D eigenvalue weighted by atomic mass is 9.77. The molecule has 1 fully saturated rings. The van der Waals surface area contributed by atoms with Crippen molar-refractivity contribution >= 4 is 19.2 Å². The quantitative estimate of drug-likeness (QED) is 0.654.